The zero-order valence-corrected chi connectivity index (χ0v) is 23.8. The highest BCUT2D eigenvalue weighted by molar-refractivity contribution is 6.07. The molecule has 2 bridgehead atoms. The van der Waals surface area contributed by atoms with E-state index in [1.165, 1.54) is 64.1 Å². The van der Waals surface area contributed by atoms with Crippen molar-refractivity contribution in [3.05, 3.63) is 150 Å². The van der Waals surface area contributed by atoms with Crippen molar-refractivity contribution >= 4 is 39.0 Å². The fourth-order valence-electron chi connectivity index (χ4n) is 8.81. The maximum Gasteiger partial charge on any atom is 0.135 e. The Balaban J connectivity index is 1.30. The predicted molar refractivity (Wildman–Crippen MR) is 177 cm³/mol. The molecule has 3 aliphatic rings. The number of hydrogen-bond acceptors (Lipinski definition) is 2. The molecule has 1 aromatic heterocycles. The van der Waals surface area contributed by atoms with E-state index in [4.69, 9.17) is 4.42 Å². The SMILES string of the molecule is c1ccc(-c2ccc3c4c2C2CCC4(C2)c2c(-c4ccccc4)cccc2N3c2ccc3oc4ccccc4c3c2)cc1. The molecule has 1 spiro atoms. The van der Waals surface area contributed by atoms with Crippen LogP contribution in [0.1, 0.15) is 41.9 Å². The molecule has 1 saturated carbocycles. The van der Waals surface area contributed by atoms with E-state index < -0.39 is 0 Å². The van der Waals surface area contributed by atoms with E-state index in [0.717, 1.165) is 21.9 Å². The smallest absolute Gasteiger partial charge is 0.135 e. The molecule has 10 rings (SSSR count). The molecule has 1 fully saturated rings. The third-order valence-electron chi connectivity index (χ3n) is 10.4. The summed E-state index contributed by atoms with van der Waals surface area (Å²) >= 11 is 0. The van der Waals surface area contributed by atoms with Crippen LogP contribution in [0, 0.1) is 0 Å². The molecule has 2 nitrogen and oxygen atoms in total. The molecular weight excluding hydrogens is 522 g/mol. The molecule has 2 atom stereocenters. The minimum absolute atomic E-state index is 0.0187. The summed E-state index contributed by atoms with van der Waals surface area (Å²) in [5.41, 5.74) is 15.7. The Bertz CT molecular complexity index is 2230. The molecule has 2 heterocycles. The van der Waals surface area contributed by atoms with Crippen molar-refractivity contribution in [2.75, 3.05) is 4.90 Å². The zero-order valence-electron chi connectivity index (χ0n) is 23.8. The first-order valence-corrected chi connectivity index (χ1v) is 15.4. The van der Waals surface area contributed by atoms with Crippen LogP contribution in [0.2, 0.25) is 0 Å². The second-order valence-electron chi connectivity index (χ2n) is 12.5. The molecule has 43 heavy (non-hydrogen) atoms. The van der Waals surface area contributed by atoms with Gasteiger partial charge in [-0.1, -0.05) is 97.1 Å². The summed E-state index contributed by atoms with van der Waals surface area (Å²) in [7, 11) is 0. The molecule has 7 aromatic rings. The van der Waals surface area contributed by atoms with Crippen LogP contribution in [0.4, 0.5) is 17.1 Å². The van der Waals surface area contributed by atoms with Crippen LogP contribution in [-0.2, 0) is 5.41 Å². The average Bonchev–Trinajstić information content (AvgIpc) is 3.77. The monoisotopic (exact) mass is 551 g/mol. The fourth-order valence-corrected chi connectivity index (χ4v) is 8.81. The lowest BCUT2D eigenvalue weighted by molar-refractivity contribution is 0.546. The normalized spacial score (nSPS) is 19.6. The first kappa shape index (κ1) is 23.5. The maximum absolute atomic E-state index is 6.24. The van der Waals surface area contributed by atoms with Gasteiger partial charge in [0.25, 0.3) is 0 Å². The third kappa shape index (κ3) is 3.08. The molecule has 2 unspecified atom stereocenters. The van der Waals surface area contributed by atoms with Crippen LogP contribution in [0.3, 0.4) is 0 Å². The van der Waals surface area contributed by atoms with Crippen molar-refractivity contribution in [1.82, 2.24) is 0 Å². The zero-order chi connectivity index (χ0) is 28.1. The highest BCUT2D eigenvalue weighted by Gasteiger charge is 2.56. The first-order chi connectivity index (χ1) is 21.3. The summed E-state index contributed by atoms with van der Waals surface area (Å²) in [5.74, 6) is 0.571. The van der Waals surface area contributed by atoms with Crippen LogP contribution in [0.25, 0.3) is 44.2 Å². The Morgan fingerprint density at radius 2 is 1.30 bits per heavy atom. The van der Waals surface area contributed by atoms with E-state index in [2.05, 4.69) is 132 Å². The van der Waals surface area contributed by atoms with Gasteiger partial charge in [-0.2, -0.15) is 0 Å². The fraction of sp³-hybridized carbons (Fsp3) is 0.122. The number of anilines is 3. The topological polar surface area (TPSA) is 16.4 Å². The molecule has 1 aliphatic heterocycles. The minimum atomic E-state index is 0.0187. The van der Waals surface area contributed by atoms with Gasteiger partial charge in [-0.05, 0) is 101 Å². The number of hydrogen-bond donors (Lipinski definition) is 0. The highest BCUT2D eigenvalue weighted by Crippen LogP contribution is 2.70. The van der Waals surface area contributed by atoms with Gasteiger partial charge < -0.3 is 9.32 Å². The average molecular weight is 552 g/mol. The first-order valence-electron chi connectivity index (χ1n) is 15.4. The van der Waals surface area contributed by atoms with Gasteiger partial charge in [0, 0.05) is 21.9 Å². The van der Waals surface area contributed by atoms with E-state index >= 15 is 0 Å². The van der Waals surface area contributed by atoms with Crippen LogP contribution in [0.15, 0.2) is 138 Å². The van der Waals surface area contributed by atoms with Gasteiger partial charge >= 0.3 is 0 Å². The lowest BCUT2D eigenvalue weighted by Gasteiger charge is -2.45. The van der Waals surface area contributed by atoms with Crippen LogP contribution < -0.4 is 4.90 Å². The van der Waals surface area contributed by atoms with Gasteiger partial charge in [0.1, 0.15) is 11.2 Å². The summed E-state index contributed by atoms with van der Waals surface area (Å²) < 4.78 is 6.24. The Kier molecular flexibility index (Phi) is 4.63. The predicted octanol–water partition coefficient (Wildman–Crippen LogP) is 11.3. The van der Waals surface area contributed by atoms with E-state index in [-0.39, 0.29) is 5.41 Å². The number of rotatable bonds is 3. The van der Waals surface area contributed by atoms with E-state index in [0.29, 0.717) is 5.92 Å². The van der Waals surface area contributed by atoms with Gasteiger partial charge in [0.15, 0.2) is 0 Å². The van der Waals surface area contributed by atoms with Crippen molar-refractivity contribution in [3.8, 4) is 22.3 Å². The molecule has 0 saturated heterocycles. The Hall–Kier alpha value is -5.08. The number of fused-ring (bicyclic) bond motifs is 6. The highest BCUT2D eigenvalue weighted by atomic mass is 16.3. The summed E-state index contributed by atoms with van der Waals surface area (Å²) in [4.78, 5) is 2.54. The Labute approximate surface area is 250 Å². The third-order valence-corrected chi connectivity index (χ3v) is 10.4. The number of benzene rings is 6. The molecule has 0 N–H and O–H groups in total. The molecule has 2 aliphatic carbocycles. The van der Waals surface area contributed by atoms with E-state index in [9.17, 15) is 0 Å². The lowest BCUT2D eigenvalue weighted by Crippen LogP contribution is -2.33. The largest absolute Gasteiger partial charge is 0.456 e. The number of furan rings is 1. The van der Waals surface area contributed by atoms with Crippen molar-refractivity contribution in [3.63, 3.8) is 0 Å². The van der Waals surface area contributed by atoms with Gasteiger partial charge in [0.2, 0.25) is 0 Å². The van der Waals surface area contributed by atoms with Gasteiger partial charge in [-0.3, -0.25) is 0 Å². The lowest BCUT2D eigenvalue weighted by atomic mass is 9.67. The molecular formula is C41H29NO. The van der Waals surface area contributed by atoms with Crippen LogP contribution in [-0.4, -0.2) is 0 Å². The van der Waals surface area contributed by atoms with Crippen molar-refractivity contribution < 1.29 is 4.42 Å². The molecule has 6 aromatic carbocycles. The Morgan fingerprint density at radius 3 is 2.14 bits per heavy atom. The number of nitrogens with zero attached hydrogens (tertiary/aromatic N) is 1. The molecule has 204 valence electrons. The summed E-state index contributed by atoms with van der Waals surface area (Å²) in [6, 6.07) is 48.9. The summed E-state index contributed by atoms with van der Waals surface area (Å²) in [6.07, 6.45) is 3.63. The molecule has 2 heteroatoms. The standard InChI is InChI=1S/C41H29NO/c1-3-10-26(11-4-1)30-19-20-35-40-38(30)28-22-23-41(40,25-28)39-31(27-12-5-2-6-13-27)15-9-16-34(39)42(35)29-18-21-37-33(24-29)32-14-7-8-17-36(32)43-37/h1-21,24,28H,22-23,25H2. The minimum Gasteiger partial charge on any atom is -0.456 e. The van der Waals surface area contributed by atoms with Crippen LogP contribution in [0.5, 0.6) is 0 Å². The molecule has 0 radical (unpaired) electrons. The van der Waals surface area contributed by atoms with Crippen LogP contribution >= 0.6 is 0 Å². The summed E-state index contributed by atoms with van der Waals surface area (Å²) in [6.45, 7) is 0. The maximum atomic E-state index is 6.24. The second-order valence-corrected chi connectivity index (χ2v) is 12.5. The summed E-state index contributed by atoms with van der Waals surface area (Å²) in [5, 5.41) is 2.32. The van der Waals surface area contributed by atoms with E-state index in [1.54, 1.807) is 11.1 Å². The van der Waals surface area contributed by atoms with Gasteiger partial charge in [-0.25, -0.2) is 0 Å². The Morgan fingerprint density at radius 1 is 0.581 bits per heavy atom. The van der Waals surface area contributed by atoms with Crippen molar-refractivity contribution in [2.45, 2.75) is 30.6 Å². The van der Waals surface area contributed by atoms with Gasteiger partial charge in [-0.15, -0.1) is 0 Å². The number of para-hydroxylation sites is 1. The van der Waals surface area contributed by atoms with E-state index in [1.807, 2.05) is 6.07 Å². The van der Waals surface area contributed by atoms with Crippen molar-refractivity contribution in [1.29, 1.82) is 0 Å². The second kappa shape index (κ2) is 8.49. The molecule has 0 amide bonds. The van der Waals surface area contributed by atoms with Crippen molar-refractivity contribution in [2.24, 2.45) is 0 Å². The van der Waals surface area contributed by atoms with Gasteiger partial charge in [0.05, 0.1) is 11.4 Å². The quantitative estimate of drug-likeness (QED) is 0.217.